The number of ether oxygens (including phenoxy) is 1. The molecule has 0 aromatic heterocycles. The van der Waals surface area contributed by atoms with Crippen molar-refractivity contribution in [2.24, 2.45) is 0 Å². The minimum absolute atomic E-state index is 0.0995. The molecule has 1 saturated heterocycles. The zero-order chi connectivity index (χ0) is 22.2. The molecule has 0 bridgehead atoms. The standard InChI is InChI=1S/C24H32N4O3/c1-17-13-18(2)23(19(3)14-17)27-22(29)15-25-24(30)26-21(20-7-5-4-6-8-20)16-28-9-11-31-12-10-28/h4-8,13-14,21H,9-12,15-16H2,1-3H3,(H,27,29)(H2,25,26,30). The van der Waals surface area contributed by atoms with Crippen LogP contribution >= 0.6 is 0 Å². The Labute approximate surface area is 184 Å². The van der Waals surface area contributed by atoms with Gasteiger partial charge in [0.15, 0.2) is 0 Å². The number of carbonyl (C=O) groups excluding carboxylic acids is 2. The molecule has 0 radical (unpaired) electrons. The van der Waals surface area contributed by atoms with Crippen molar-refractivity contribution in [1.82, 2.24) is 15.5 Å². The molecule has 2 aromatic carbocycles. The van der Waals surface area contributed by atoms with E-state index in [1.165, 1.54) is 0 Å². The van der Waals surface area contributed by atoms with Crippen LogP contribution in [0.3, 0.4) is 0 Å². The van der Waals surface area contributed by atoms with Gasteiger partial charge in [-0.15, -0.1) is 0 Å². The van der Waals surface area contributed by atoms with E-state index in [1.54, 1.807) is 0 Å². The number of carbonyl (C=O) groups is 2. The second-order valence-electron chi connectivity index (χ2n) is 8.03. The molecule has 7 nitrogen and oxygen atoms in total. The van der Waals surface area contributed by atoms with Crippen LogP contribution in [0, 0.1) is 20.8 Å². The molecule has 31 heavy (non-hydrogen) atoms. The molecule has 3 amide bonds. The second kappa shape index (κ2) is 10.9. The van der Waals surface area contributed by atoms with Gasteiger partial charge in [-0.1, -0.05) is 48.0 Å². The zero-order valence-corrected chi connectivity index (χ0v) is 18.5. The van der Waals surface area contributed by atoms with E-state index >= 15 is 0 Å². The SMILES string of the molecule is Cc1cc(C)c(NC(=O)CNC(=O)NC(CN2CCOCC2)c2ccccc2)c(C)c1. The summed E-state index contributed by atoms with van der Waals surface area (Å²) in [5.41, 5.74) is 4.99. The Kier molecular flexibility index (Phi) is 8.03. The number of anilines is 1. The molecule has 3 rings (SSSR count). The molecule has 1 fully saturated rings. The van der Waals surface area contributed by atoms with Crippen molar-refractivity contribution in [2.45, 2.75) is 26.8 Å². The van der Waals surface area contributed by atoms with Crippen LogP contribution in [0.1, 0.15) is 28.3 Å². The van der Waals surface area contributed by atoms with Crippen LogP contribution in [-0.2, 0) is 9.53 Å². The number of rotatable bonds is 7. The summed E-state index contributed by atoms with van der Waals surface area (Å²) in [6.07, 6.45) is 0. The van der Waals surface area contributed by atoms with Gasteiger partial charge in [0.1, 0.15) is 0 Å². The van der Waals surface area contributed by atoms with Gasteiger partial charge in [0.2, 0.25) is 5.91 Å². The minimum atomic E-state index is -0.366. The van der Waals surface area contributed by atoms with Crippen molar-refractivity contribution < 1.29 is 14.3 Å². The maximum Gasteiger partial charge on any atom is 0.315 e. The summed E-state index contributed by atoms with van der Waals surface area (Å²) in [7, 11) is 0. The maximum atomic E-state index is 12.6. The number of benzene rings is 2. The van der Waals surface area contributed by atoms with Gasteiger partial charge in [-0.2, -0.15) is 0 Å². The Morgan fingerprint density at radius 2 is 1.68 bits per heavy atom. The lowest BCUT2D eigenvalue weighted by Gasteiger charge is -2.31. The number of amides is 3. The Hall–Kier alpha value is -2.90. The van der Waals surface area contributed by atoms with Gasteiger partial charge in [-0.05, 0) is 37.5 Å². The number of nitrogens with one attached hydrogen (secondary N) is 3. The first-order valence-corrected chi connectivity index (χ1v) is 10.7. The molecule has 1 atom stereocenters. The van der Waals surface area contributed by atoms with Crippen molar-refractivity contribution in [3.05, 3.63) is 64.7 Å². The number of hydrogen-bond donors (Lipinski definition) is 3. The molecule has 1 heterocycles. The number of hydrogen-bond acceptors (Lipinski definition) is 4. The summed E-state index contributed by atoms with van der Waals surface area (Å²) in [5, 5.41) is 8.61. The monoisotopic (exact) mass is 424 g/mol. The summed E-state index contributed by atoms with van der Waals surface area (Å²) >= 11 is 0. The Bertz CT molecular complexity index is 872. The molecule has 7 heteroatoms. The largest absolute Gasteiger partial charge is 0.379 e. The average molecular weight is 425 g/mol. The highest BCUT2D eigenvalue weighted by Crippen LogP contribution is 2.21. The molecule has 0 saturated carbocycles. The Balaban J connectivity index is 1.56. The quantitative estimate of drug-likeness (QED) is 0.638. The normalized spacial score (nSPS) is 15.2. The summed E-state index contributed by atoms with van der Waals surface area (Å²) in [5.74, 6) is -0.255. The van der Waals surface area contributed by atoms with Gasteiger partial charge < -0.3 is 20.7 Å². The van der Waals surface area contributed by atoms with E-state index in [4.69, 9.17) is 4.74 Å². The maximum absolute atomic E-state index is 12.6. The van der Waals surface area contributed by atoms with Crippen LogP contribution in [0.5, 0.6) is 0 Å². The fourth-order valence-electron chi connectivity index (χ4n) is 3.89. The summed E-state index contributed by atoms with van der Waals surface area (Å²) in [6, 6.07) is 13.4. The van der Waals surface area contributed by atoms with E-state index in [-0.39, 0.29) is 24.5 Å². The lowest BCUT2D eigenvalue weighted by Crippen LogP contribution is -2.46. The zero-order valence-electron chi connectivity index (χ0n) is 18.5. The first-order valence-electron chi connectivity index (χ1n) is 10.7. The van der Waals surface area contributed by atoms with Crippen LogP contribution in [0.4, 0.5) is 10.5 Å². The molecular formula is C24H32N4O3. The summed E-state index contributed by atoms with van der Waals surface area (Å²) in [4.78, 5) is 27.2. The molecule has 3 N–H and O–H groups in total. The minimum Gasteiger partial charge on any atom is -0.379 e. The van der Waals surface area contributed by atoms with Crippen molar-refractivity contribution >= 4 is 17.6 Å². The van der Waals surface area contributed by atoms with Crippen molar-refractivity contribution in [3.8, 4) is 0 Å². The summed E-state index contributed by atoms with van der Waals surface area (Å²) < 4.78 is 5.42. The topological polar surface area (TPSA) is 82.7 Å². The van der Waals surface area contributed by atoms with Crippen molar-refractivity contribution in [1.29, 1.82) is 0 Å². The molecule has 1 unspecified atom stereocenters. The molecule has 1 aliphatic heterocycles. The first kappa shape index (κ1) is 22.8. The van der Waals surface area contributed by atoms with Crippen LogP contribution in [0.25, 0.3) is 0 Å². The van der Waals surface area contributed by atoms with E-state index < -0.39 is 0 Å². The van der Waals surface area contributed by atoms with Crippen LogP contribution < -0.4 is 16.0 Å². The second-order valence-corrected chi connectivity index (χ2v) is 8.03. The highest BCUT2D eigenvalue weighted by atomic mass is 16.5. The number of urea groups is 1. The summed E-state index contributed by atoms with van der Waals surface area (Å²) in [6.45, 7) is 9.62. The molecular weight excluding hydrogens is 392 g/mol. The predicted molar refractivity (Wildman–Crippen MR) is 122 cm³/mol. The molecule has 166 valence electrons. The van der Waals surface area contributed by atoms with Crippen LogP contribution in [0.2, 0.25) is 0 Å². The van der Waals surface area contributed by atoms with Crippen LogP contribution in [0.15, 0.2) is 42.5 Å². The lowest BCUT2D eigenvalue weighted by molar-refractivity contribution is -0.115. The third-order valence-corrected chi connectivity index (χ3v) is 5.40. The highest BCUT2D eigenvalue weighted by molar-refractivity contribution is 5.95. The van der Waals surface area contributed by atoms with Gasteiger partial charge in [0.25, 0.3) is 0 Å². The van der Waals surface area contributed by atoms with E-state index in [0.717, 1.165) is 41.0 Å². The van der Waals surface area contributed by atoms with Gasteiger partial charge in [0.05, 0.1) is 25.8 Å². The highest BCUT2D eigenvalue weighted by Gasteiger charge is 2.20. The van der Waals surface area contributed by atoms with Crippen LogP contribution in [-0.4, -0.2) is 56.2 Å². The fraction of sp³-hybridized carbons (Fsp3) is 0.417. The molecule has 2 aromatic rings. The van der Waals surface area contributed by atoms with Crippen molar-refractivity contribution in [3.63, 3.8) is 0 Å². The predicted octanol–water partition coefficient (Wildman–Crippen LogP) is 2.92. The number of aryl methyl sites for hydroxylation is 3. The first-order chi connectivity index (χ1) is 14.9. The van der Waals surface area contributed by atoms with Crippen molar-refractivity contribution in [2.75, 3.05) is 44.7 Å². The van der Waals surface area contributed by atoms with Gasteiger partial charge >= 0.3 is 6.03 Å². The van der Waals surface area contributed by atoms with E-state index in [2.05, 4.69) is 20.9 Å². The number of morpholine rings is 1. The molecule has 0 spiro atoms. The van der Waals surface area contributed by atoms with Gasteiger partial charge in [0, 0.05) is 25.3 Å². The Morgan fingerprint density at radius 3 is 2.32 bits per heavy atom. The van der Waals surface area contributed by atoms with Gasteiger partial charge in [-0.3, -0.25) is 9.69 Å². The average Bonchev–Trinajstić information content (AvgIpc) is 2.76. The number of nitrogens with zero attached hydrogens (tertiary/aromatic N) is 1. The third-order valence-electron chi connectivity index (χ3n) is 5.40. The van der Waals surface area contributed by atoms with E-state index in [9.17, 15) is 9.59 Å². The smallest absolute Gasteiger partial charge is 0.315 e. The Morgan fingerprint density at radius 1 is 1.03 bits per heavy atom. The third kappa shape index (κ3) is 6.80. The fourth-order valence-corrected chi connectivity index (χ4v) is 3.89. The molecule has 1 aliphatic rings. The van der Waals surface area contributed by atoms with E-state index in [0.29, 0.717) is 19.8 Å². The lowest BCUT2D eigenvalue weighted by atomic mass is 10.1. The molecule has 0 aliphatic carbocycles. The van der Waals surface area contributed by atoms with E-state index in [1.807, 2.05) is 63.2 Å². The van der Waals surface area contributed by atoms with Gasteiger partial charge in [-0.25, -0.2) is 4.79 Å².